The van der Waals surface area contributed by atoms with Gasteiger partial charge in [0.05, 0.1) is 28.2 Å². The number of esters is 1. The summed E-state index contributed by atoms with van der Waals surface area (Å²) in [6.45, 7) is 3.74. The summed E-state index contributed by atoms with van der Waals surface area (Å²) in [5.74, 6) is 0.881. The molecular weight excluding hydrogens is 824 g/mol. The van der Waals surface area contributed by atoms with Gasteiger partial charge in [-0.15, -0.1) is 0 Å². The molecule has 0 saturated carbocycles. The minimum atomic E-state index is -0.929. The number of phenols is 1. The minimum Gasteiger partial charge on any atom is -0.506 e. The zero-order valence-electron chi connectivity index (χ0n) is 34.5. The number of nitrogens with zero attached hydrogens (tertiary/aromatic N) is 1. The average Bonchev–Trinajstić information content (AvgIpc) is 3.31. The van der Waals surface area contributed by atoms with Crippen LogP contribution in [0.5, 0.6) is 17.2 Å². The first-order valence-corrected chi connectivity index (χ1v) is 21.4. The lowest BCUT2D eigenvalue weighted by atomic mass is 9.86. The average molecular weight is 873 g/mol. The molecule has 63 heavy (non-hydrogen) atoms. The first kappa shape index (κ1) is 43.3. The molecule has 6 aromatic rings. The number of nitrogens with one attached hydrogen (secondary N) is 3. The molecule has 0 spiro atoms. The number of hydrogen-bond donors (Lipinski definition) is 5. The number of H-pyrrole nitrogens is 1. The van der Waals surface area contributed by atoms with Crippen LogP contribution in [0.25, 0.3) is 10.9 Å². The Morgan fingerprint density at radius 3 is 2.41 bits per heavy atom. The molecule has 1 aromatic heterocycles. The number of amides is 1. The number of benzene rings is 5. The summed E-state index contributed by atoms with van der Waals surface area (Å²) in [6.07, 6.45) is 0.655. The summed E-state index contributed by atoms with van der Waals surface area (Å²) in [6, 6.07) is 35.3. The lowest BCUT2D eigenvalue weighted by molar-refractivity contribution is -0.0336. The minimum absolute atomic E-state index is 0.00680. The van der Waals surface area contributed by atoms with Crippen LogP contribution in [0, 0.1) is 5.92 Å². The third kappa shape index (κ3) is 10.8. The molecule has 0 radical (unpaired) electrons. The third-order valence-corrected chi connectivity index (χ3v) is 12.0. The molecule has 5 aromatic carbocycles. The van der Waals surface area contributed by atoms with Crippen molar-refractivity contribution in [2.45, 2.75) is 44.2 Å². The number of aromatic hydroxyl groups is 1. The van der Waals surface area contributed by atoms with Gasteiger partial charge in [0.2, 0.25) is 5.56 Å². The van der Waals surface area contributed by atoms with E-state index in [1.54, 1.807) is 36.4 Å². The first-order chi connectivity index (χ1) is 30.7. The van der Waals surface area contributed by atoms with E-state index in [2.05, 4.69) is 20.5 Å². The van der Waals surface area contributed by atoms with Gasteiger partial charge in [-0.3, -0.25) is 9.69 Å². The SMILES string of the molecule is O=C(N[C@@H](c1ccccc1)c1cccc(OCc2ccc(C(=O)OCCOc3cccc(CNCC(O)c4ccc(O)c5[nH]c(=O)ccc45)c3Cl)cc2)c1)OC1CN2CCC1CC2. The Kier molecular flexibility index (Phi) is 13.9. The van der Waals surface area contributed by atoms with Crippen LogP contribution in [0.15, 0.2) is 126 Å². The molecule has 326 valence electrons. The molecule has 1 amide bonds. The summed E-state index contributed by atoms with van der Waals surface area (Å²) in [5.41, 5.74) is 4.21. The molecule has 3 atom stereocenters. The van der Waals surface area contributed by atoms with Crippen LogP contribution >= 0.6 is 11.6 Å². The maximum absolute atomic E-state index is 13.2. The highest BCUT2D eigenvalue weighted by Gasteiger charge is 2.37. The van der Waals surface area contributed by atoms with Gasteiger partial charge in [-0.25, -0.2) is 9.59 Å². The number of pyridine rings is 1. The van der Waals surface area contributed by atoms with Crippen molar-refractivity contribution in [1.29, 1.82) is 0 Å². The fourth-order valence-electron chi connectivity index (χ4n) is 8.20. The second-order valence-electron chi connectivity index (χ2n) is 15.8. The van der Waals surface area contributed by atoms with Gasteiger partial charge in [-0.2, -0.15) is 0 Å². The van der Waals surface area contributed by atoms with Crippen LogP contribution < -0.4 is 25.7 Å². The number of aliphatic hydroxyl groups excluding tert-OH is 1. The second kappa shape index (κ2) is 20.2. The Balaban J connectivity index is 0.788. The van der Waals surface area contributed by atoms with Crippen LogP contribution in [0.1, 0.15) is 63.2 Å². The Morgan fingerprint density at radius 2 is 1.63 bits per heavy atom. The fraction of sp³-hybridized carbons (Fsp3) is 0.286. The van der Waals surface area contributed by atoms with Gasteiger partial charge < -0.3 is 44.8 Å². The maximum Gasteiger partial charge on any atom is 0.408 e. The first-order valence-electron chi connectivity index (χ1n) is 21.1. The summed E-state index contributed by atoms with van der Waals surface area (Å²) in [5, 5.41) is 28.3. The highest BCUT2D eigenvalue weighted by molar-refractivity contribution is 6.32. The van der Waals surface area contributed by atoms with E-state index in [0.717, 1.165) is 54.7 Å². The number of carbonyl (C=O) groups is 2. The van der Waals surface area contributed by atoms with Gasteiger partial charge in [-0.1, -0.05) is 84.4 Å². The fourth-order valence-corrected chi connectivity index (χ4v) is 8.45. The van der Waals surface area contributed by atoms with Crippen molar-refractivity contribution in [1.82, 2.24) is 20.5 Å². The molecule has 2 unspecified atom stereocenters. The van der Waals surface area contributed by atoms with E-state index < -0.39 is 24.2 Å². The van der Waals surface area contributed by atoms with Gasteiger partial charge in [0.1, 0.15) is 43.2 Å². The highest BCUT2D eigenvalue weighted by atomic mass is 35.5. The van der Waals surface area contributed by atoms with E-state index in [-0.39, 0.29) is 49.3 Å². The van der Waals surface area contributed by atoms with Crippen LogP contribution in [-0.2, 0) is 22.6 Å². The van der Waals surface area contributed by atoms with E-state index in [0.29, 0.717) is 45.5 Å². The summed E-state index contributed by atoms with van der Waals surface area (Å²) < 4.78 is 23.4. The molecule has 3 saturated heterocycles. The number of alkyl carbamates (subject to hydrolysis) is 1. The quantitative estimate of drug-likeness (QED) is 0.0456. The van der Waals surface area contributed by atoms with Crippen molar-refractivity contribution < 1.29 is 38.7 Å². The second-order valence-corrected chi connectivity index (χ2v) is 16.2. The Hall–Kier alpha value is -6.38. The number of aromatic amines is 1. The van der Waals surface area contributed by atoms with Crippen molar-refractivity contribution in [3.63, 3.8) is 0 Å². The molecule has 3 fully saturated rings. The molecule has 2 bridgehead atoms. The van der Waals surface area contributed by atoms with E-state index in [9.17, 15) is 24.6 Å². The Morgan fingerprint density at radius 1 is 0.857 bits per heavy atom. The van der Waals surface area contributed by atoms with Gasteiger partial charge >= 0.3 is 12.1 Å². The van der Waals surface area contributed by atoms with E-state index in [1.165, 1.54) is 12.1 Å². The van der Waals surface area contributed by atoms with Gasteiger partial charge in [-0.05, 0) is 102 Å². The predicted octanol–water partition coefficient (Wildman–Crippen LogP) is 7.43. The molecule has 5 N–H and O–H groups in total. The molecule has 9 rings (SSSR count). The number of ether oxygens (including phenoxy) is 4. The lowest BCUT2D eigenvalue weighted by Crippen LogP contribution is -2.52. The van der Waals surface area contributed by atoms with Gasteiger partial charge in [0, 0.05) is 31.1 Å². The number of fused-ring (bicyclic) bond motifs is 4. The predicted molar refractivity (Wildman–Crippen MR) is 238 cm³/mol. The Bertz CT molecular complexity index is 2580. The Labute approximate surface area is 369 Å². The summed E-state index contributed by atoms with van der Waals surface area (Å²) in [7, 11) is 0. The zero-order valence-corrected chi connectivity index (χ0v) is 35.3. The topological polar surface area (TPSA) is 172 Å². The standard InChI is InChI=1S/C49H49ClN4O9/c50-45-36(27-51-28-41(56)38-16-18-40(55)47-39(38)17-19-44(57)52-47)9-5-11-42(45)60-24-25-61-48(58)34-14-12-31(13-15-34)30-62-37-10-4-8-35(26-37)46(33-6-2-1-3-7-33)53-49(59)63-43-29-54-22-20-32(43)21-23-54/h1-19,26,32,41,43,46,51,55-56H,20-25,27-30H2,(H,52,57)(H,53,59)/t41?,43?,46-/m0/s1. The van der Waals surface area contributed by atoms with E-state index >= 15 is 0 Å². The number of halogens is 1. The van der Waals surface area contributed by atoms with Crippen molar-refractivity contribution >= 4 is 34.6 Å². The van der Waals surface area contributed by atoms with Crippen molar-refractivity contribution in [2.75, 3.05) is 39.4 Å². The molecule has 13 nitrogen and oxygen atoms in total. The normalized spacial score (nSPS) is 17.7. The maximum atomic E-state index is 13.2. The number of hydrogen-bond acceptors (Lipinski definition) is 11. The molecule has 3 aliphatic rings. The molecule has 3 aliphatic heterocycles. The lowest BCUT2D eigenvalue weighted by Gasteiger charge is -2.43. The number of phenolic OH excluding ortho intramolecular Hbond substituents is 1. The van der Waals surface area contributed by atoms with Crippen molar-refractivity contribution in [2.24, 2.45) is 5.92 Å². The third-order valence-electron chi connectivity index (χ3n) is 11.6. The number of aliphatic hydroxyl groups is 1. The molecule has 4 heterocycles. The van der Waals surface area contributed by atoms with Crippen molar-refractivity contribution in [3.8, 4) is 17.2 Å². The molecule has 14 heteroatoms. The van der Waals surface area contributed by atoms with Gasteiger partial charge in [0.25, 0.3) is 0 Å². The summed E-state index contributed by atoms with van der Waals surface area (Å²) >= 11 is 6.64. The zero-order chi connectivity index (χ0) is 43.7. The smallest absolute Gasteiger partial charge is 0.408 e. The number of aromatic nitrogens is 1. The number of carbonyl (C=O) groups excluding carboxylic acids is 2. The largest absolute Gasteiger partial charge is 0.506 e. The van der Waals surface area contributed by atoms with E-state index in [4.69, 9.17) is 30.5 Å². The monoisotopic (exact) mass is 872 g/mol. The number of piperidine rings is 3. The van der Waals surface area contributed by atoms with Crippen LogP contribution in [-0.4, -0.2) is 77.7 Å². The van der Waals surface area contributed by atoms with Crippen LogP contribution in [0.4, 0.5) is 4.79 Å². The van der Waals surface area contributed by atoms with E-state index in [1.807, 2.05) is 72.8 Å². The molecular formula is C49H49ClN4O9. The number of rotatable bonds is 17. The van der Waals surface area contributed by atoms with Crippen LogP contribution in [0.2, 0.25) is 5.02 Å². The van der Waals surface area contributed by atoms with Gasteiger partial charge in [0.15, 0.2) is 0 Å². The summed E-state index contributed by atoms with van der Waals surface area (Å²) in [4.78, 5) is 42.8. The van der Waals surface area contributed by atoms with Crippen LogP contribution in [0.3, 0.4) is 0 Å². The van der Waals surface area contributed by atoms with Crippen molar-refractivity contribution in [3.05, 3.63) is 170 Å². The molecule has 0 aliphatic carbocycles. The highest BCUT2D eigenvalue weighted by Crippen LogP contribution is 2.32.